The van der Waals surface area contributed by atoms with Crippen molar-refractivity contribution < 1.29 is 9.18 Å². The zero-order valence-corrected chi connectivity index (χ0v) is 14.3. The maximum atomic E-state index is 13.1. The molecule has 24 heavy (non-hydrogen) atoms. The van der Waals surface area contributed by atoms with E-state index in [9.17, 15) is 9.18 Å². The minimum atomic E-state index is -0.297. The van der Waals surface area contributed by atoms with Crippen molar-refractivity contribution in [1.82, 2.24) is 5.32 Å². The van der Waals surface area contributed by atoms with Crippen LogP contribution in [0.1, 0.15) is 32.6 Å². The summed E-state index contributed by atoms with van der Waals surface area (Å²) >= 11 is 6.08. The van der Waals surface area contributed by atoms with Gasteiger partial charge >= 0.3 is 6.03 Å². The van der Waals surface area contributed by atoms with Gasteiger partial charge in [0, 0.05) is 16.1 Å². The van der Waals surface area contributed by atoms with Crippen LogP contribution >= 0.6 is 11.6 Å². The summed E-state index contributed by atoms with van der Waals surface area (Å²) in [6.45, 7) is 2.07. The third kappa shape index (κ3) is 3.88. The molecular formula is C19H20ClFN2O. The van der Waals surface area contributed by atoms with Crippen LogP contribution in [0.2, 0.25) is 5.02 Å². The number of carbonyl (C=O) groups excluding carboxylic acids is 1. The Kier molecular flexibility index (Phi) is 4.76. The molecule has 2 N–H and O–H groups in total. The Morgan fingerprint density at radius 1 is 1.12 bits per heavy atom. The lowest BCUT2D eigenvalue weighted by Crippen LogP contribution is -2.45. The first-order valence-corrected chi connectivity index (χ1v) is 8.48. The minimum Gasteiger partial charge on any atom is -0.333 e. The number of anilines is 1. The van der Waals surface area contributed by atoms with E-state index in [1.165, 1.54) is 12.1 Å². The van der Waals surface area contributed by atoms with Crippen molar-refractivity contribution in [3.05, 3.63) is 53.3 Å². The number of benzene rings is 2. The van der Waals surface area contributed by atoms with Gasteiger partial charge in [0.2, 0.25) is 0 Å². The van der Waals surface area contributed by atoms with E-state index in [1.807, 2.05) is 6.07 Å². The second-order valence-corrected chi connectivity index (χ2v) is 6.98. The summed E-state index contributed by atoms with van der Waals surface area (Å²) in [5, 5.41) is 6.48. The second kappa shape index (κ2) is 6.81. The van der Waals surface area contributed by atoms with Crippen molar-refractivity contribution in [2.45, 2.75) is 38.1 Å². The molecular weight excluding hydrogens is 327 g/mol. The second-order valence-electron chi connectivity index (χ2n) is 6.54. The van der Waals surface area contributed by atoms with Crippen molar-refractivity contribution in [3.8, 4) is 11.1 Å². The van der Waals surface area contributed by atoms with E-state index in [2.05, 4.69) is 17.6 Å². The molecule has 0 heterocycles. The molecule has 0 bridgehead atoms. The predicted octanol–water partition coefficient (Wildman–Crippen LogP) is 5.60. The van der Waals surface area contributed by atoms with Gasteiger partial charge in [0.05, 0.1) is 5.69 Å². The highest BCUT2D eigenvalue weighted by Crippen LogP contribution is 2.32. The zero-order valence-electron chi connectivity index (χ0n) is 13.5. The average molecular weight is 347 g/mol. The van der Waals surface area contributed by atoms with Crippen molar-refractivity contribution in [2.24, 2.45) is 0 Å². The van der Waals surface area contributed by atoms with Crippen LogP contribution in [-0.4, -0.2) is 11.6 Å². The van der Waals surface area contributed by atoms with Crippen molar-refractivity contribution in [3.63, 3.8) is 0 Å². The Bertz CT molecular complexity index is 740. The van der Waals surface area contributed by atoms with Gasteiger partial charge in [-0.15, -0.1) is 0 Å². The van der Waals surface area contributed by atoms with E-state index in [0.717, 1.165) is 36.8 Å². The maximum Gasteiger partial charge on any atom is 0.319 e. The number of halogens is 2. The monoisotopic (exact) mass is 346 g/mol. The highest BCUT2D eigenvalue weighted by Gasteiger charge is 2.30. The van der Waals surface area contributed by atoms with Gasteiger partial charge in [0.15, 0.2) is 0 Å². The van der Waals surface area contributed by atoms with Crippen molar-refractivity contribution in [1.29, 1.82) is 0 Å². The molecule has 3 nitrogen and oxygen atoms in total. The van der Waals surface area contributed by atoms with Crippen molar-refractivity contribution >= 4 is 23.3 Å². The molecule has 1 aliphatic rings. The molecule has 0 atom stereocenters. The van der Waals surface area contributed by atoms with Crippen LogP contribution in [0.5, 0.6) is 0 Å². The number of hydrogen-bond acceptors (Lipinski definition) is 1. The molecule has 1 saturated carbocycles. The molecule has 5 heteroatoms. The summed E-state index contributed by atoms with van der Waals surface area (Å²) in [5.41, 5.74) is 2.06. The smallest absolute Gasteiger partial charge is 0.319 e. The molecule has 1 aliphatic carbocycles. The van der Waals surface area contributed by atoms with E-state index in [4.69, 9.17) is 11.6 Å². The fourth-order valence-corrected chi connectivity index (χ4v) is 3.38. The lowest BCUT2D eigenvalue weighted by Gasteiger charge is -2.25. The molecule has 3 rings (SSSR count). The average Bonchev–Trinajstić information content (AvgIpc) is 2.94. The third-order valence-corrected chi connectivity index (χ3v) is 4.74. The summed E-state index contributed by atoms with van der Waals surface area (Å²) < 4.78 is 13.1. The molecule has 2 aromatic carbocycles. The van der Waals surface area contributed by atoms with E-state index < -0.39 is 0 Å². The molecule has 0 radical (unpaired) electrons. The number of hydrogen-bond donors (Lipinski definition) is 2. The highest BCUT2D eigenvalue weighted by molar-refractivity contribution is 6.31. The van der Waals surface area contributed by atoms with Gasteiger partial charge in [0.1, 0.15) is 5.82 Å². The molecule has 0 aromatic heterocycles. The number of amides is 2. The summed E-state index contributed by atoms with van der Waals surface area (Å²) in [6, 6.07) is 11.2. The molecule has 0 aliphatic heterocycles. The van der Waals surface area contributed by atoms with Crippen LogP contribution in [0.3, 0.4) is 0 Å². The first kappa shape index (κ1) is 16.8. The maximum absolute atomic E-state index is 13.1. The third-order valence-electron chi connectivity index (χ3n) is 4.51. The van der Waals surface area contributed by atoms with Gasteiger partial charge in [-0.25, -0.2) is 9.18 Å². The van der Waals surface area contributed by atoms with Crippen LogP contribution in [-0.2, 0) is 0 Å². The van der Waals surface area contributed by atoms with E-state index in [1.54, 1.807) is 24.3 Å². The first-order chi connectivity index (χ1) is 11.5. The zero-order chi connectivity index (χ0) is 17.2. The van der Waals surface area contributed by atoms with Crippen LogP contribution in [0.4, 0.5) is 14.9 Å². The molecule has 2 amide bonds. The SMILES string of the molecule is CC1(NC(=O)Nc2cc(Cl)ccc2-c2ccc(F)cc2)CCCC1. The number of carbonyl (C=O) groups is 1. The normalized spacial score (nSPS) is 16.0. The molecule has 0 unspecified atom stereocenters. The lowest BCUT2D eigenvalue weighted by molar-refractivity contribution is 0.239. The summed E-state index contributed by atoms with van der Waals surface area (Å²) in [6.07, 6.45) is 4.24. The largest absolute Gasteiger partial charge is 0.333 e. The van der Waals surface area contributed by atoms with Gasteiger partial charge < -0.3 is 10.6 Å². The standard InChI is InChI=1S/C19H20ClFN2O/c1-19(10-2-3-11-19)23-18(24)22-17-12-14(20)6-9-16(17)13-4-7-15(21)8-5-13/h4-9,12H,2-3,10-11H2,1H3,(H2,22,23,24). The molecule has 0 spiro atoms. The molecule has 126 valence electrons. The number of rotatable bonds is 3. The Morgan fingerprint density at radius 3 is 2.46 bits per heavy atom. The lowest BCUT2D eigenvalue weighted by atomic mass is 10.0. The Hall–Kier alpha value is -2.07. The summed E-state index contributed by atoms with van der Waals surface area (Å²) in [5.74, 6) is -0.297. The van der Waals surface area contributed by atoms with Crippen LogP contribution in [0, 0.1) is 5.82 Å². The Labute approximate surface area is 146 Å². The van der Waals surface area contributed by atoms with E-state index in [-0.39, 0.29) is 17.4 Å². The minimum absolute atomic E-state index is 0.154. The van der Waals surface area contributed by atoms with E-state index in [0.29, 0.717) is 10.7 Å². The quantitative estimate of drug-likeness (QED) is 0.746. The van der Waals surface area contributed by atoms with E-state index >= 15 is 0 Å². The topological polar surface area (TPSA) is 41.1 Å². The number of nitrogens with one attached hydrogen (secondary N) is 2. The Morgan fingerprint density at radius 2 is 1.79 bits per heavy atom. The van der Waals surface area contributed by atoms with Crippen LogP contribution < -0.4 is 10.6 Å². The molecule has 0 saturated heterocycles. The van der Waals surface area contributed by atoms with Gasteiger partial charge in [-0.2, -0.15) is 0 Å². The number of urea groups is 1. The van der Waals surface area contributed by atoms with Crippen molar-refractivity contribution in [2.75, 3.05) is 5.32 Å². The fourth-order valence-electron chi connectivity index (χ4n) is 3.21. The van der Waals surface area contributed by atoms with Crippen LogP contribution in [0.15, 0.2) is 42.5 Å². The van der Waals surface area contributed by atoms with Crippen LogP contribution in [0.25, 0.3) is 11.1 Å². The van der Waals surface area contributed by atoms with Gasteiger partial charge in [-0.1, -0.05) is 42.6 Å². The molecule has 2 aromatic rings. The first-order valence-electron chi connectivity index (χ1n) is 8.10. The van der Waals surface area contributed by atoms with Gasteiger partial charge in [0.25, 0.3) is 0 Å². The fraction of sp³-hybridized carbons (Fsp3) is 0.316. The van der Waals surface area contributed by atoms with Gasteiger partial charge in [-0.3, -0.25) is 0 Å². The summed E-state index contributed by atoms with van der Waals surface area (Å²) in [7, 11) is 0. The Balaban J connectivity index is 1.83. The highest BCUT2D eigenvalue weighted by atomic mass is 35.5. The predicted molar refractivity (Wildman–Crippen MR) is 95.9 cm³/mol. The van der Waals surface area contributed by atoms with Gasteiger partial charge in [-0.05, 0) is 49.6 Å². The molecule has 1 fully saturated rings. The summed E-state index contributed by atoms with van der Waals surface area (Å²) in [4.78, 5) is 12.4.